The van der Waals surface area contributed by atoms with E-state index < -0.39 is 11.9 Å². The number of aliphatic hydroxyl groups is 2. The number of hydrogen-bond acceptors (Lipinski definition) is 4. The minimum absolute atomic E-state index is 0.239. The first-order valence-electron chi connectivity index (χ1n) is 9.49. The molecule has 2 atom stereocenters. The van der Waals surface area contributed by atoms with E-state index in [-0.39, 0.29) is 24.0 Å². The molecule has 0 heterocycles. The first-order valence-corrected chi connectivity index (χ1v) is 9.49. The van der Waals surface area contributed by atoms with Gasteiger partial charge < -0.3 is 20.4 Å². The van der Waals surface area contributed by atoms with Crippen LogP contribution >= 0.6 is 0 Å². The van der Waals surface area contributed by atoms with E-state index >= 15 is 0 Å². The van der Waals surface area contributed by atoms with Crippen molar-refractivity contribution < 1.29 is 30.0 Å². The molecule has 2 unspecified atom stereocenters. The van der Waals surface area contributed by atoms with Crippen LogP contribution in [0.5, 0.6) is 0 Å². The van der Waals surface area contributed by atoms with Crippen molar-refractivity contribution in [2.45, 2.75) is 46.3 Å². The van der Waals surface area contributed by atoms with Crippen LogP contribution in [0.4, 0.5) is 0 Å². The van der Waals surface area contributed by atoms with E-state index in [2.05, 4.69) is 0 Å². The van der Waals surface area contributed by atoms with Crippen LogP contribution < -0.4 is 0 Å². The van der Waals surface area contributed by atoms with Crippen LogP contribution in [0.15, 0.2) is 60.7 Å². The van der Waals surface area contributed by atoms with Crippen LogP contribution in [-0.4, -0.2) is 44.6 Å². The second-order valence-electron chi connectivity index (χ2n) is 7.20. The minimum Gasteiger partial charge on any atom is -0.478 e. The van der Waals surface area contributed by atoms with Crippen LogP contribution in [0.25, 0.3) is 0 Å². The Morgan fingerprint density at radius 2 is 0.931 bits per heavy atom. The molecule has 2 aromatic carbocycles. The molecule has 0 aliphatic heterocycles. The number of rotatable bonds is 6. The van der Waals surface area contributed by atoms with Crippen molar-refractivity contribution in [3.63, 3.8) is 0 Å². The summed E-state index contributed by atoms with van der Waals surface area (Å²) in [6.45, 7) is 7.82. The summed E-state index contributed by atoms with van der Waals surface area (Å²) < 4.78 is 0. The molecule has 0 spiro atoms. The van der Waals surface area contributed by atoms with Crippen molar-refractivity contribution in [2.75, 3.05) is 0 Å². The summed E-state index contributed by atoms with van der Waals surface area (Å²) in [5.41, 5.74) is 0.662. The molecule has 29 heavy (non-hydrogen) atoms. The topological polar surface area (TPSA) is 115 Å². The van der Waals surface area contributed by atoms with Gasteiger partial charge >= 0.3 is 11.9 Å². The van der Waals surface area contributed by atoms with Gasteiger partial charge in [-0.1, -0.05) is 64.1 Å². The second-order valence-corrected chi connectivity index (χ2v) is 7.20. The van der Waals surface area contributed by atoms with Gasteiger partial charge in [-0.05, 0) is 42.5 Å². The lowest BCUT2D eigenvalue weighted by atomic mass is 9.95. The highest BCUT2D eigenvalue weighted by molar-refractivity contribution is 5.87. The SMILES string of the molecule is CC(C)C(O)CC(O)C(C)C.O=C(O)c1ccccc1.O=C(O)c1ccccc1. The summed E-state index contributed by atoms with van der Waals surface area (Å²) in [5.74, 6) is -1.28. The molecule has 160 valence electrons. The molecule has 0 saturated carbocycles. The molecule has 2 rings (SSSR count). The van der Waals surface area contributed by atoms with Gasteiger partial charge in [0.05, 0.1) is 23.3 Å². The van der Waals surface area contributed by atoms with Gasteiger partial charge in [0.2, 0.25) is 0 Å². The summed E-state index contributed by atoms with van der Waals surface area (Å²) >= 11 is 0. The monoisotopic (exact) mass is 404 g/mol. The Hall–Kier alpha value is -2.70. The van der Waals surface area contributed by atoms with E-state index in [4.69, 9.17) is 10.2 Å². The van der Waals surface area contributed by atoms with Gasteiger partial charge in [0, 0.05) is 0 Å². The smallest absolute Gasteiger partial charge is 0.335 e. The Kier molecular flexibility index (Phi) is 13.0. The van der Waals surface area contributed by atoms with Crippen LogP contribution in [0.3, 0.4) is 0 Å². The van der Waals surface area contributed by atoms with E-state index in [0.29, 0.717) is 17.5 Å². The Morgan fingerprint density at radius 1 is 0.655 bits per heavy atom. The highest BCUT2D eigenvalue weighted by Gasteiger charge is 2.17. The third kappa shape index (κ3) is 12.4. The van der Waals surface area contributed by atoms with Crippen molar-refractivity contribution in [3.8, 4) is 0 Å². The summed E-state index contributed by atoms with van der Waals surface area (Å²) in [5, 5.41) is 35.5. The van der Waals surface area contributed by atoms with Crippen molar-refractivity contribution in [2.24, 2.45) is 11.8 Å². The van der Waals surface area contributed by atoms with Crippen LogP contribution in [0.2, 0.25) is 0 Å². The third-order valence-corrected chi connectivity index (χ3v) is 4.06. The number of carboxylic acids is 2. The zero-order valence-corrected chi connectivity index (χ0v) is 17.4. The minimum atomic E-state index is -0.879. The normalized spacial score (nSPS) is 12.1. The second kappa shape index (κ2) is 14.3. The third-order valence-electron chi connectivity index (χ3n) is 4.06. The van der Waals surface area contributed by atoms with Crippen molar-refractivity contribution in [3.05, 3.63) is 71.8 Å². The molecule has 0 bridgehead atoms. The van der Waals surface area contributed by atoms with Gasteiger partial charge in [-0.3, -0.25) is 0 Å². The molecular formula is C23H32O6. The highest BCUT2D eigenvalue weighted by Crippen LogP contribution is 2.13. The van der Waals surface area contributed by atoms with Gasteiger partial charge in [-0.15, -0.1) is 0 Å². The van der Waals surface area contributed by atoms with Crippen LogP contribution in [0.1, 0.15) is 54.8 Å². The zero-order chi connectivity index (χ0) is 22.4. The van der Waals surface area contributed by atoms with E-state index in [1.54, 1.807) is 60.7 Å². The van der Waals surface area contributed by atoms with Crippen molar-refractivity contribution in [1.29, 1.82) is 0 Å². The molecule has 4 N–H and O–H groups in total. The van der Waals surface area contributed by atoms with E-state index in [1.807, 2.05) is 27.7 Å². The maximum Gasteiger partial charge on any atom is 0.335 e. The predicted octanol–water partition coefficient (Wildman–Crippen LogP) is 4.18. The summed E-state index contributed by atoms with van der Waals surface area (Å²) in [7, 11) is 0. The maximum absolute atomic E-state index is 10.2. The number of carbonyl (C=O) groups is 2. The Morgan fingerprint density at radius 3 is 1.10 bits per heavy atom. The first kappa shape index (κ1) is 26.3. The van der Waals surface area contributed by atoms with Gasteiger partial charge in [0.15, 0.2) is 0 Å². The van der Waals surface area contributed by atoms with Gasteiger partial charge in [-0.25, -0.2) is 9.59 Å². The molecular weight excluding hydrogens is 372 g/mol. The lowest BCUT2D eigenvalue weighted by Gasteiger charge is -2.20. The van der Waals surface area contributed by atoms with Crippen molar-refractivity contribution in [1.82, 2.24) is 0 Å². The quantitative estimate of drug-likeness (QED) is 0.574. The Bertz CT molecular complexity index is 636. The number of aromatic carboxylic acids is 2. The summed E-state index contributed by atoms with van der Waals surface area (Å²) in [6.07, 6.45) is -0.241. The van der Waals surface area contributed by atoms with E-state index in [0.717, 1.165) is 0 Å². The standard InChI is InChI=1S/C9H20O2.2C7H6O2/c1-6(2)8(10)5-9(11)7(3)4;2*8-7(9)6-4-2-1-3-5-6/h6-11H,5H2,1-4H3;2*1-5H,(H,8,9). The lowest BCUT2D eigenvalue weighted by Crippen LogP contribution is -2.25. The van der Waals surface area contributed by atoms with E-state index in [1.165, 1.54) is 0 Å². The fourth-order valence-electron chi connectivity index (χ4n) is 1.95. The van der Waals surface area contributed by atoms with Crippen LogP contribution in [0, 0.1) is 11.8 Å². The molecule has 0 amide bonds. The molecule has 0 saturated heterocycles. The Balaban J connectivity index is 0.000000408. The fraction of sp³-hybridized carbons (Fsp3) is 0.391. The fourth-order valence-corrected chi connectivity index (χ4v) is 1.95. The summed E-state index contributed by atoms with van der Waals surface area (Å²) in [6, 6.07) is 16.6. The highest BCUT2D eigenvalue weighted by atomic mass is 16.4. The number of hydrogen-bond donors (Lipinski definition) is 4. The lowest BCUT2D eigenvalue weighted by molar-refractivity contribution is 0.0326. The summed E-state index contributed by atoms with van der Waals surface area (Å²) in [4.78, 5) is 20.4. The molecule has 6 heteroatoms. The molecule has 6 nitrogen and oxygen atoms in total. The predicted molar refractivity (Wildman–Crippen MR) is 113 cm³/mol. The number of aliphatic hydroxyl groups excluding tert-OH is 2. The number of carboxylic acid groups (broad SMARTS) is 2. The van der Waals surface area contributed by atoms with Gasteiger partial charge in [-0.2, -0.15) is 0 Å². The zero-order valence-electron chi connectivity index (χ0n) is 17.4. The van der Waals surface area contributed by atoms with Crippen molar-refractivity contribution >= 4 is 11.9 Å². The molecule has 0 fully saturated rings. The van der Waals surface area contributed by atoms with Gasteiger partial charge in [0.1, 0.15) is 0 Å². The number of benzene rings is 2. The molecule has 0 aliphatic rings. The average Bonchev–Trinajstić information content (AvgIpc) is 2.70. The molecule has 0 aromatic heterocycles. The average molecular weight is 405 g/mol. The molecule has 0 aliphatic carbocycles. The van der Waals surface area contributed by atoms with E-state index in [9.17, 15) is 19.8 Å². The van der Waals surface area contributed by atoms with Crippen LogP contribution in [-0.2, 0) is 0 Å². The molecule has 2 aromatic rings. The maximum atomic E-state index is 10.2. The Labute approximate surface area is 172 Å². The largest absolute Gasteiger partial charge is 0.478 e. The first-order chi connectivity index (χ1) is 13.6. The van der Waals surface area contributed by atoms with Gasteiger partial charge in [0.25, 0.3) is 0 Å². The molecule has 0 radical (unpaired) electrons.